The van der Waals surface area contributed by atoms with Gasteiger partial charge in [0.25, 0.3) is 5.56 Å². The number of aliphatic hydroxyl groups is 1. The molecule has 1 N–H and O–H groups in total. The number of fused-ring (bicyclic) bond motifs is 1. The topological polar surface area (TPSA) is 68.0 Å². The molecule has 1 atom stereocenters. The summed E-state index contributed by atoms with van der Waals surface area (Å²) in [6.45, 7) is 1.88. The fraction of sp³-hybridized carbons (Fsp3) is 0.364. The van der Waals surface area contributed by atoms with Crippen molar-refractivity contribution >= 4 is 22.8 Å². The Labute approximate surface area is 103 Å². The molecule has 0 saturated carbocycles. The van der Waals surface area contributed by atoms with E-state index >= 15 is 0 Å². The van der Waals surface area contributed by atoms with Gasteiger partial charge in [-0.1, -0.05) is 11.8 Å². The number of hydrogen-bond acceptors (Lipinski definition) is 5. The van der Waals surface area contributed by atoms with Gasteiger partial charge in [0.1, 0.15) is 5.65 Å². The van der Waals surface area contributed by atoms with E-state index in [2.05, 4.69) is 9.97 Å². The van der Waals surface area contributed by atoms with Crippen molar-refractivity contribution in [2.75, 3.05) is 6.26 Å². The summed E-state index contributed by atoms with van der Waals surface area (Å²) in [7, 11) is 0. The molecule has 17 heavy (non-hydrogen) atoms. The Morgan fingerprint density at radius 3 is 2.94 bits per heavy atom. The second kappa shape index (κ2) is 4.85. The van der Waals surface area contributed by atoms with Gasteiger partial charge >= 0.3 is 0 Å². The van der Waals surface area contributed by atoms with Gasteiger partial charge < -0.3 is 5.11 Å². The van der Waals surface area contributed by atoms with Crippen LogP contribution in [0.25, 0.3) is 11.0 Å². The van der Waals surface area contributed by atoms with E-state index in [1.807, 2.05) is 6.26 Å². The molecule has 0 saturated heterocycles. The van der Waals surface area contributed by atoms with Crippen molar-refractivity contribution in [3.8, 4) is 0 Å². The Kier molecular flexibility index (Phi) is 3.44. The summed E-state index contributed by atoms with van der Waals surface area (Å²) in [6.07, 6.45) is 2.97. The summed E-state index contributed by atoms with van der Waals surface area (Å²) in [4.78, 5) is 20.2. The van der Waals surface area contributed by atoms with Crippen LogP contribution in [0.15, 0.2) is 28.3 Å². The van der Waals surface area contributed by atoms with E-state index in [1.165, 1.54) is 22.4 Å². The fourth-order valence-electron chi connectivity index (χ4n) is 1.59. The second-order valence-electron chi connectivity index (χ2n) is 3.77. The van der Waals surface area contributed by atoms with E-state index in [-0.39, 0.29) is 12.1 Å². The first-order valence-electron chi connectivity index (χ1n) is 5.20. The Bertz CT molecular complexity index is 595. The van der Waals surface area contributed by atoms with Crippen LogP contribution < -0.4 is 5.56 Å². The van der Waals surface area contributed by atoms with E-state index in [1.54, 1.807) is 19.2 Å². The zero-order valence-electron chi connectivity index (χ0n) is 9.62. The van der Waals surface area contributed by atoms with Crippen molar-refractivity contribution in [1.82, 2.24) is 14.5 Å². The summed E-state index contributed by atoms with van der Waals surface area (Å²) >= 11 is 1.42. The monoisotopic (exact) mass is 251 g/mol. The van der Waals surface area contributed by atoms with Crippen LogP contribution in [-0.2, 0) is 6.54 Å². The number of aliphatic hydroxyl groups excluding tert-OH is 1. The van der Waals surface area contributed by atoms with E-state index in [9.17, 15) is 9.90 Å². The first-order valence-corrected chi connectivity index (χ1v) is 6.43. The minimum Gasteiger partial charge on any atom is -0.392 e. The zero-order valence-corrected chi connectivity index (χ0v) is 10.4. The number of pyridine rings is 1. The maximum Gasteiger partial charge on any atom is 0.252 e. The third kappa shape index (κ3) is 2.48. The van der Waals surface area contributed by atoms with Crippen molar-refractivity contribution in [1.29, 1.82) is 0 Å². The smallest absolute Gasteiger partial charge is 0.252 e. The molecule has 0 fully saturated rings. The highest BCUT2D eigenvalue weighted by Gasteiger charge is 2.08. The molecule has 0 radical (unpaired) electrons. The molecule has 0 aliphatic rings. The molecule has 90 valence electrons. The van der Waals surface area contributed by atoms with Crippen molar-refractivity contribution < 1.29 is 5.11 Å². The predicted molar refractivity (Wildman–Crippen MR) is 67.3 cm³/mol. The lowest BCUT2D eigenvalue weighted by Crippen LogP contribution is -2.25. The van der Waals surface area contributed by atoms with Gasteiger partial charge in [0.2, 0.25) is 0 Å². The predicted octanol–water partition coefficient (Wildman–Crippen LogP) is 0.894. The summed E-state index contributed by atoms with van der Waals surface area (Å²) in [5.41, 5.74) is 0.405. The minimum absolute atomic E-state index is 0.163. The van der Waals surface area contributed by atoms with Gasteiger partial charge in [0.05, 0.1) is 12.6 Å². The van der Waals surface area contributed by atoms with E-state index in [0.29, 0.717) is 10.8 Å². The molecule has 0 unspecified atom stereocenters. The highest BCUT2D eigenvalue weighted by atomic mass is 32.2. The summed E-state index contributed by atoms with van der Waals surface area (Å²) in [6, 6.07) is 3.16. The Hall–Kier alpha value is -1.40. The molecular weight excluding hydrogens is 238 g/mol. The van der Waals surface area contributed by atoms with Gasteiger partial charge in [0, 0.05) is 17.6 Å². The molecule has 0 bridgehead atoms. The molecule has 0 aliphatic carbocycles. The van der Waals surface area contributed by atoms with Crippen LogP contribution in [0.2, 0.25) is 0 Å². The lowest BCUT2D eigenvalue weighted by atomic mass is 10.3. The van der Waals surface area contributed by atoms with Crippen molar-refractivity contribution in [2.24, 2.45) is 0 Å². The van der Waals surface area contributed by atoms with E-state index < -0.39 is 6.10 Å². The standard InChI is InChI=1S/C11H13N3O2S/c1-7(15)6-14-9(16)4-3-8-5-12-11(17-2)13-10(8)14/h3-5,7,15H,6H2,1-2H3/t7-/m1/s1. The lowest BCUT2D eigenvalue weighted by Gasteiger charge is -2.10. The maximum absolute atomic E-state index is 11.8. The van der Waals surface area contributed by atoms with Crippen LogP contribution in [0.5, 0.6) is 0 Å². The number of thioether (sulfide) groups is 1. The SMILES string of the molecule is CSc1ncc2ccc(=O)n(C[C@@H](C)O)c2n1. The maximum atomic E-state index is 11.8. The van der Waals surface area contributed by atoms with E-state index in [4.69, 9.17) is 0 Å². The van der Waals surface area contributed by atoms with Gasteiger partial charge in [-0.25, -0.2) is 9.97 Å². The minimum atomic E-state index is -0.592. The van der Waals surface area contributed by atoms with Crippen LogP contribution >= 0.6 is 11.8 Å². The van der Waals surface area contributed by atoms with Crippen LogP contribution in [-0.4, -0.2) is 32.0 Å². The molecule has 2 aromatic heterocycles. The third-order valence-electron chi connectivity index (χ3n) is 2.33. The summed E-state index contributed by atoms with van der Waals surface area (Å²) in [5.74, 6) is 0. The molecule has 0 aromatic carbocycles. The second-order valence-corrected chi connectivity index (χ2v) is 4.54. The van der Waals surface area contributed by atoms with Crippen molar-refractivity contribution in [3.05, 3.63) is 28.7 Å². The lowest BCUT2D eigenvalue weighted by molar-refractivity contribution is 0.173. The highest BCUT2D eigenvalue weighted by Crippen LogP contribution is 2.13. The van der Waals surface area contributed by atoms with Gasteiger partial charge in [0.15, 0.2) is 5.16 Å². The molecule has 2 aromatic rings. The molecule has 5 nitrogen and oxygen atoms in total. The van der Waals surface area contributed by atoms with Crippen molar-refractivity contribution in [3.63, 3.8) is 0 Å². The Morgan fingerprint density at radius 1 is 1.53 bits per heavy atom. The largest absolute Gasteiger partial charge is 0.392 e. The van der Waals surface area contributed by atoms with Crippen LogP contribution in [0.4, 0.5) is 0 Å². The van der Waals surface area contributed by atoms with Gasteiger partial charge in [-0.05, 0) is 19.2 Å². The van der Waals surface area contributed by atoms with Gasteiger partial charge in [-0.3, -0.25) is 9.36 Å². The Morgan fingerprint density at radius 2 is 2.29 bits per heavy atom. The van der Waals surface area contributed by atoms with Gasteiger partial charge in [-0.2, -0.15) is 0 Å². The van der Waals surface area contributed by atoms with Gasteiger partial charge in [-0.15, -0.1) is 0 Å². The first-order chi connectivity index (χ1) is 8.11. The zero-order chi connectivity index (χ0) is 12.4. The third-order valence-corrected chi connectivity index (χ3v) is 2.89. The number of aromatic nitrogens is 3. The molecule has 2 rings (SSSR count). The molecule has 6 heteroatoms. The number of rotatable bonds is 3. The molecule has 0 amide bonds. The molecule has 0 spiro atoms. The average Bonchev–Trinajstić information content (AvgIpc) is 2.32. The number of hydrogen-bond donors (Lipinski definition) is 1. The van der Waals surface area contributed by atoms with Crippen LogP contribution in [0.3, 0.4) is 0 Å². The Balaban J connectivity index is 2.68. The van der Waals surface area contributed by atoms with Crippen LogP contribution in [0.1, 0.15) is 6.92 Å². The van der Waals surface area contributed by atoms with E-state index in [0.717, 1.165) is 5.39 Å². The summed E-state index contributed by atoms with van der Waals surface area (Å²) < 4.78 is 1.47. The molecular formula is C11H13N3O2S. The van der Waals surface area contributed by atoms with Crippen molar-refractivity contribution in [2.45, 2.75) is 24.7 Å². The van der Waals surface area contributed by atoms with Crippen LogP contribution in [0, 0.1) is 0 Å². The normalized spacial score (nSPS) is 12.9. The molecule has 2 heterocycles. The highest BCUT2D eigenvalue weighted by molar-refractivity contribution is 7.98. The molecule has 0 aliphatic heterocycles. The first kappa shape index (κ1) is 12.1. The summed E-state index contributed by atoms with van der Waals surface area (Å²) in [5, 5.41) is 10.8. The fourth-order valence-corrected chi connectivity index (χ4v) is 1.93. The number of nitrogens with zero attached hydrogens (tertiary/aromatic N) is 3. The average molecular weight is 251 g/mol. The quantitative estimate of drug-likeness (QED) is 0.648.